The highest BCUT2D eigenvalue weighted by molar-refractivity contribution is 7.10. The summed E-state index contributed by atoms with van der Waals surface area (Å²) in [4.78, 5) is 32.7. The number of urea groups is 1. The number of anilines is 1. The van der Waals surface area contributed by atoms with Crippen LogP contribution in [0.1, 0.15) is 13.8 Å². The minimum absolute atomic E-state index is 0.0290. The summed E-state index contributed by atoms with van der Waals surface area (Å²) in [7, 11) is 1.77. The first-order valence-corrected chi connectivity index (χ1v) is 8.96. The number of rotatable bonds is 3. The van der Waals surface area contributed by atoms with Gasteiger partial charge < -0.3 is 9.80 Å². The topological polar surface area (TPSA) is 78.4 Å². The number of hydrogen-bond donors (Lipinski definition) is 1. The highest BCUT2D eigenvalue weighted by Crippen LogP contribution is 2.23. The number of piperazine rings is 1. The van der Waals surface area contributed by atoms with Crippen molar-refractivity contribution in [2.45, 2.75) is 19.9 Å². The third-order valence-corrected chi connectivity index (χ3v) is 4.84. The minimum atomic E-state index is -0.458. The Morgan fingerprint density at radius 1 is 1.28 bits per heavy atom. The van der Waals surface area contributed by atoms with Gasteiger partial charge in [0.1, 0.15) is 6.04 Å². The highest BCUT2D eigenvalue weighted by Gasteiger charge is 2.38. The summed E-state index contributed by atoms with van der Waals surface area (Å²) in [5.74, 6) is 0.588. The van der Waals surface area contributed by atoms with E-state index in [1.165, 1.54) is 0 Å². The molecule has 0 radical (unpaired) electrons. The van der Waals surface area contributed by atoms with E-state index in [0.29, 0.717) is 24.0 Å². The Kier molecular flexibility index (Phi) is 4.98. The maximum atomic E-state index is 12.7. The van der Waals surface area contributed by atoms with Gasteiger partial charge in [0.25, 0.3) is 0 Å². The number of amides is 3. The number of carbonyl (C=O) groups excluding carboxylic acids is 2. The fourth-order valence-corrected chi connectivity index (χ4v) is 3.46. The number of carbonyl (C=O) groups is 2. The zero-order chi connectivity index (χ0) is 18.0. The van der Waals surface area contributed by atoms with Crippen LogP contribution in [0.5, 0.6) is 0 Å². The normalized spacial score (nSPS) is 17.9. The molecule has 0 unspecified atom stereocenters. The molecule has 3 amide bonds. The second-order valence-electron chi connectivity index (χ2n) is 6.36. The summed E-state index contributed by atoms with van der Waals surface area (Å²) < 4.78 is 4.29. The summed E-state index contributed by atoms with van der Waals surface area (Å²) >= 11 is 1.13. The zero-order valence-corrected chi connectivity index (χ0v) is 15.3. The van der Waals surface area contributed by atoms with Gasteiger partial charge in [0.2, 0.25) is 11.0 Å². The Hall–Kier alpha value is -2.48. The van der Waals surface area contributed by atoms with E-state index in [1.807, 2.05) is 44.2 Å². The Morgan fingerprint density at radius 3 is 2.68 bits per heavy atom. The van der Waals surface area contributed by atoms with Gasteiger partial charge in [-0.15, -0.1) is 0 Å². The number of likely N-dealkylation sites (N-methyl/N-ethyl adjacent to an activating group) is 1. The van der Waals surface area contributed by atoms with Crippen LogP contribution < -0.4 is 5.32 Å². The molecule has 1 aromatic carbocycles. The Labute approximate surface area is 150 Å². The second-order valence-corrected chi connectivity index (χ2v) is 7.11. The third kappa shape index (κ3) is 3.63. The fourth-order valence-electron chi connectivity index (χ4n) is 2.88. The molecule has 1 aromatic heterocycles. The lowest BCUT2D eigenvalue weighted by Crippen LogP contribution is -2.60. The molecule has 0 aliphatic carbocycles. The van der Waals surface area contributed by atoms with Gasteiger partial charge in [0.05, 0.1) is 0 Å². The van der Waals surface area contributed by atoms with Crippen molar-refractivity contribution in [2.24, 2.45) is 5.92 Å². The quantitative estimate of drug-likeness (QED) is 0.913. The maximum Gasteiger partial charge on any atom is 0.324 e. The van der Waals surface area contributed by atoms with Crippen molar-refractivity contribution < 1.29 is 9.59 Å². The van der Waals surface area contributed by atoms with Gasteiger partial charge in [-0.2, -0.15) is 9.36 Å². The lowest BCUT2D eigenvalue weighted by atomic mass is 9.99. The average Bonchev–Trinajstić information content (AvgIpc) is 3.06. The molecular weight excluding hydrogens is 338 g/mol. The van der Waals surface area contributed by atoms with Gasteiger partial charge in [-0.25, -0.2) is 4.79 Å². The van der Waals surface area contributed by atoms with Crippen molar-refractivity contribution in [1.29, 1.82) is 0 Å². The van der Waals surface area contributed by atoms with Gasteiger partial charge in [-0.3, -0.25) is 10.1 Å². The molecule has 1 N–H and O–H groups in total. The average molecular weight is 359 g/mol. The molecule has 1 aliphatic heterocycles. The van der Waals surface area contributed by atoms with E-state index in [9.17, 15) is 9.59 Å². The molecular formula is C17H21N5O2S. The molecule has 0 spiro atoms. The lowest BCUT2D eigenvalue weighted by molar-refractivity contribution is -0.139. The lowest BCUT2D eigenvalue weighted by Gasteiger charge is -2.40. The molecule has 8 heteroatoms. The van der Waals surface area contributed by atoms with Crippen molar-refractivity contribution >= 4 is 28.6 Å². The Bertz CT molecular complexity index is 761. The molecule has 7 nitrogen and oxygen atoms in total. The van der Waals surface area contributed by atoms with Crippen LogP contribution in [-0.2, 0) is 4.79 Å². The number of hydrogen-bond acceptors (Lipinski definition) is 5. The van der Waals surface area contributed by atoms with Crippen molar-refractivity contribution in [3.63, 3.8) is 0 Å². The summed E-state index contributed by atoms with van der Waals surface area (Å²) in [6, 6.07) is 8.82. The van der Waals surface area contributed by atoms with E-state index in [1.54, 1.807) is 16.8 Å². The predicted molar refractivity (Wildman–Crippen MR) is 97.3 cm³/mol. The van der Waals surface area contributed by atoms with Gasteiger partial charge in [-0.1, -0.05) is 44.2 Å². The van der Waals surface area contributed by atoms with Crippen LogP contribution >= 0.6 is 11.5 Å². The van der Waals surface area contributed by atoms with Crippen LogP contribution in [0.15, 0.2) is 30.3 Å². The van der Waals surface area contributed by atoms with E-state index in [4.69, 9.17) is 0 Å². The van der Waals surface area contributed by atoms with Crippen LogP contribution in [0.4, 0.5) is 9.93 Å². The molecule has 2 aromatic rings. The minimum Gasteiger partial charge on any atom is -0.342 e. The smallest absolute Gasteiger partial charge is 0.324 e. The molecule has 1 saturated heterocycles. The molecule has 0 saturated carbocycles. The molecule has 25 heavy (non-hydrogen) atoms. The second kappa shape index (κ2) is 7.18. The molecule has 3 rings (SSSR count). The summed E-state index contributed by atoms with van der Waals surface area (Å²) in [6.45, 7) is 4.92. The fraction of sp³-hybridized carbons (Fsp3) is 0.412. The predicted octanol–water partition coefficient (Wildman–Crippen LogP) is 2.54. The first kappa shape index (κ1) is 17.3. The Morgan fingerprint density at radius 2 is 2.00 bits per heavy atom. The number of aromatic nitrogens is 2. The van der Waals surface area contributed by atoms with Crippen LogP contribution in [0.2, 0.25) is 0 Å². The van der Waals surface area contributed by atoms with Gasteiger partial charge in [-0.05, 0) is 5.92 Å². The molecule has 132 valence electrons. The van der Waals surface area contributed by atoms with Crippen molar-refractivity contribution in [3.05, 3.63) is 30.3 Å². The summed E-state index contributed by atoms with van der Waals surface area (Å²) in [5.41, 5.74) is 0.897. The SMILES string of the molecule is CC(C)[C@@H]1C(=O)N(C)CCN1C(=O)Nc1nc(-c2ccccc2)ns1. The molecule has 1 atom stereocenters. The first-order valence-electron chi connectivity index (χ1n) is 8.19. The molecule has 1 fully saturated rings. The summed E-state index contributed by atoms with van der Waals surface area (Å²) in [6.07, 6.45) is 0. The third-order valence-electron chi connectivity index (χ3n) is 4.21. The molecule has 0 bridgehead atoms. The number of benzene rings is 1. The molecule has 2 heterocycles. The van der Waals surface area contributed by atoms with Gasteiger partial charge >= 0.3 is 6.03 Å². The van der Waals surface area contributed by atoms with Crippen molar-refractivity contribution in [2.75, 3.05) is 25.5 Å². The van der Waals surface area contributed by atoms with Gasteiger partial charge in [0.15, 0.2) is 5.82 Å². The van der Waals surface area contributed by atoms with E-state index in [-0.39, 0.29) is 17.9 Å². The van der Waals surface area contributed by atoms with Crippen LogP contribution in [0.3, 0.4) is 0 Å². The van der Waals surface area contributed by atoms with E-state index in [2.05, 4.69) is 14.7 Å². The molecule has 1 aliphatic rings. The Balaban J connectivity index is 1.73. The van der Waals surface area contributed by atoms with Crippen LogP contribution in [-0.4, -0.2) is 57.3 Å². The van der Waals surface area contributed by atoms with E-state index < -0.39 is 6.04 Å². The largest absolute Gasteiger partial charge is 0.342 e. The van der Waals surface area contributed by atoms with Crippen LogP contribution in [0.25, 0.3) is 11.4 Å². The summed E-state index contributed by atoms with van der Waals surface area (Å²) in [5, 5.41) is 3.21. The standard InChI is InChI=1S/C17H21N5O2S/c1-11(2)13-15(23)21(3)9-10-22(13)17(24)19-16-18-14(20-25-16)12-7-5-4-6-8-12/h4-8,11,13H,9-10H2,1-3H3,(H,18,19,20,24)/t13-/m1/s1. The monoisotopic (exact) mass is 359 g/mol. The van der Waals surface area contributed by atoms with Gasteiger partial charge in [0, 0.05) is 37.2 Å². The van der Waals surface area contributed by atoms with E-state index >= 15 is 0 Å². The van der Waals surface area contributed by atoms with Crippen molar-refractivity contribution in [3.8, 4) is 11.4 Å². The van der Waals surface area contributed by atoms with Crippen molar-refractivity contribution in [1.82, 2.24) is 19.2 Å². The zero-order valence-electron chi connectivity index (χ0n) is 14.5. The maximum absolute atomic E-state index is 12.7. The van der Waals surface area contributed by atoms with Crippen LogP contribution in [0, 0.1) is 5.92 Å². The van der Waals surface area contributed by atoms with E-state index in [0.717, 1.165) is 17.1 Å². The number of nitrogens with one attached hydrogen (secondary N) is 1. The number of nitrogens with zero attached hydrogens (tertiary/aromatic N) is 4. The highest BCUT2D eigenvalue weighted by atomic mass is 32.1. The first-order chi connectivity index (χ1) is 12.0.